The van der Waals surface area contributed by atoms with E-state index >= 15 is 0 Å². The van der Waals surface area contributed by atoms with Gasteiger partial charge in [-0.15, -0.1) is 0 Å². The molecule has 0 saturated carbocycles. The van der Waals surface area contributed by atoms with Crippen LogP contribution in [0, 0.1) is 6.92 Å². The number of ketones is 1. The molecule has 0 bridgehead atoms. The number of nitrogens with one attached hydrogen (secondary N) is 1. The molecule has 5 nitrogen and oxygen atoms in total. The van der Waals surface area contributed by atoms with Gasteiger partial charge in [-0.3, -0.25) is 9.59 Å². The SMILES string of the molecule is CC(=O)c1ccc(C)cc1OCC(=O)NC1CCOCC1. The molecule has 1 aliphatic heterocycles. The van der Waals surface area contributed by atoms with E-state index < -0.39 is 0 Å². The summed E-state index contributed by atoms with van der Waals surface area (Å²) in [7, 11) is 0. The van der Waals surface area contributed by atoms with E-state index in [1.54, 1.807) is 12.1 Å². The van der Waals surface area contributed by atoms with Gasteiger partial charge in [0.25, 0.3) is 5.91 Å². The zero-order valence-corrected chi connectivity index (χ0v) is 12.5. The first-order valence-corrected chi connectivity index (χ1v) is 7.18. The highest BCUT2D eigenvalue weighted by Crippen LogP contribution is 2.20. The molecule has 2 rings (SSSR count). The molecule has 1 aromatic rings. The van der Waals surface area contributed by atoms with Crippen LogP contribution in [0.4, 0.5) is 0 Å². The minimum absolute atomic E-state index is 0.0742. The fraction of sp³-hybridized carbons (Fsp3) is 0.500. The number of benzene rings is 1. The first-order valence-electron chi connectivity index (χ1n) is 7.18. The van der Waals surface area contributed by atoms with Crippen LogP contribution in [0.1, 0.15) is 35.7 Å². The van der Waals surface area contributed by atoms with Gasteiger partial charge >= 0.3 is 0 Å². The summed E-state index contributed by atoms with van der Waals surface area (Å²) in [5, 5.41) is 2.92. The summed E-state index contributed by atoms with van der Waals surface area (Å²) in [6, 6.07) is 5.51. The first kappa shape index (κ1) is 15.5. The number of amides is 1. The van der Waals surface area contributed by atoms with Gasteiger partial charge in [-0.05, 0) is 44.4 Å². The van der Waals surface area contributed by atoms with Crippen molar-refractivity contribution < 1.29 is 19.1 Å². The maximum atomic E-state index is 11.9. The van der Waals surface area contributed by atoms with E-state index in [4.69, 9.17) is 9.47 Å². The Morgan fingerprint density at radius 3 is 2.71 bits per heavy atom. The van der Waals surface area contributed by atoms with Crippen molar-refractivity contribution in [2.24, 2.45) is 0 Å². The molecule has 1 saturated heterocycles. The quantitative estimate of drug-likeness (QED) is 0.841. The van der Waals surface area contributed by atoms with Gasteiger partial charge in [0.2, 0.25) is 0 Å². The Hall–Kier alpha value is -1.88. The third-order valence-electron chi connectivity index (χ3n) is 3.46. The Labute approximate surface area is 124 Å². The van der Waals surface area contributed by atoms with Crippen LogP contribution < -0.4 is 10.1 Å². The molecule has 1 aromatic carbocycles. The van der Waals surface area contributed by atoms with Crippen LogP contribution >= 0.6 is 0 Å². The van der Waals surface area contributed by atoms with Crippen LogP contribution in [0.25, 0.3) is 0 Å². The summed E-state index contributed by atoms with van der Waals surface area (Å²) in [5.41, 5.74) is 1.49. The van der Waals surface area contributed by atoms with Gasteiger partial charge in [0, 0.05) is 19.3 Å². The molecule has 1 amide bonds. The minimum Gasteiger partial charge on any atom is -0.483 e. The molecule has 0 radical (unpaired) electrons. The number of carbonyl (C=O) groups excluding carboxylic acids is 2. The fourth-order valence-electron chi connectivity index (χ4n) is 2.29. The number of carbonyl (C=O) groups is 2. The van der Waals surface area contributed by atoms with Crippen molar-refractivity contribution in [1.82, 2.24) is 5.32 Å². The molecule has 0 aliphatic carbocycles. The highest BCUT2D eigenvalue weighted by Gasteiger charge is 2.17. The average molecular weight is 291 g/mol. The second kappa shape index (κ2) is 7.22. The lowest BCUT2D eigenvalue weighted by Crippen LogP contribution is -2.41. The lowest BCUT2D eigenvalue weighted by atomic mass is 10.1. The Morgan fingerprint density at radius 1 is 1.33 bits per heavy atom. The summed E-state index contributed by atoms with van der Waals surface area (Å²) < 4.78 is 10.8. The van der Waals surface area contributed by atoms with Crippen LogP contribution in [0.2, 0.25) is 0 Å². The average Bonchev–Trinajstić information content (AvgIpc) is 2.46. The van der Waals surface area contributed by atoms with Gasteiger partial charge < -0.3 is 14.8 Å². The molecule has 114 valence electrons. The van der Waals surface area contributed by atoms with E-state index in [1.165, 1.54) is 6.92 Å². The maximum absolute atomic E-state index is 11.9. The van der Waals surface area contributed by atoms with Gasteiger partial charge in [-0.25, -0.2) is 0 Å². The van der Waals surface area contributed by atoms with Crippen molar-refractivity contribution in [3.63, 3.8) is 0 Å². The van der Waals surface area contributed by atoms with E-state index in [9.17, 15) is 9.59 Å². The standard InChI is InChI=1S/C16H21NO4/c1-11-3-4-14(12(2)18)15(9-11)21-10-16(19)17-13-5-7-20-8-6-13/h3-4,9,13H,5-8,10H2,1-2H3,(H,17,19). The molecule has 1 heterocycles. The molecule has 1 aliphatic rings. The Bertz CT molecular complexity index is 521. The predicted molar refractivity (Wildman–Crippen MR) is 78.7 cm³/mol. The van der Waals surface area contributed by atoms with Crippen LogP contribution in [-0.2, 0) is 9.53 Å². The van der Waals surface area contributed by atoms with Crippen molar-refractivity contribution in [2.45, 2.75) is 32.7 Å². The molecule has 21 heavy (non-hydrogen) atoms. The van der Waals surface area contributed by atoms with E-state index in [0.29, 0.717) is 24.5 Å². The molecule has 1 N–H and O–H groups in total. The minimum atomic E-state index is -0.169. The molecule has 0 spiro atoms. The van der Waals surface area contributed by atoms with E-state index in [2.05, 4.69) is 5.32 Å². The first-order chi connectivity index (χ1) is 10.1. The van der Waals surface area contributed by atoms with Gasteiger partial charge in [0.05, 0.1) is 5.56 Å². The number of hydrogen-bond donors (Lipinski definition) is 1. The highest BCUT2D eigenvalue weighted by molar-refractivity contribution is 5.97. The lowest BCUT2D eigenvalue weighted by Gasteiger charge is -2.23. The topological polar surface area (TPSA) is 64.6 Å². The molecule has 0 unspecified atom stereocenters. The normalized spacial score (nSPS) is 15.5. The van der Waals surface area contributed by atoms with Gasteiger partial charge in [-0.1, -0.05) is 6.07 Å². The lowest BCUT2D eigenvalue weighted by molar-refractivity contribution is -0.124. The summed E-state index contributed by atoms with van der Waals surface area (Å²) in [6.45, 7) is 4.68. The number of hydrogen-bond acceptors (Lipinski definition) is 4. The van der Waals surface area contributed by atoms with Crippen LogP contribution in [0.3, 0.4) is 0 Å². The van der Waals surface area contributed by atoms with E-state index in [0.717, 1.165) is 18.4 Å². The summed E-state index contributed by atoms with van der Waals surface area (Å²) in [5.74, 6) is 0.220. The zero-order valence-electron chi connectivity index (χ0n) is 12.5. The molecular weight excluding hydrogens is 270 g/mol. The number of Topliss-reactive ketones (excluding diaryl/α,β-unsaturated/α-hetero) is 1. The second-order valence-corrected chi connectivity index (χ2v) is 5.30. The zero-order chi connectivity index (χ0) is 15.2. The van der Waals surface area contributed by atoms with Crippen molar-refractivity contribution in [3.8, 4) is 5.75 Å². The number of aryl methyl sites for hydroxylation is 1. The van der Waals surface area contributed by atoms with E-state index in [1.807, 2.05) is 13.0 Å². The summed E-state index contributed by atoms with van der Waals surface area (Å²) in [4.78, 5) is 23.4. The molecule has 1 fully saturated rings. The maximum Gasteiger partial charge on any atom is 0.258 e. The fourth-order valence-corrected chi connectivity index (χ4v) is 2.29. The van der Waals surface area contributed by atoms with Gasteiger partial charge in [0.1, 0.15) is 5.75 Å². The largest absolute Gasteiger partial charge is 0.483 e. The number of ether oxygens (including phenoxy) is 2. The molecule has 0 aromatic heterocycles. The number of rotatable bonds is 5. The Balaban J connectivity index is 1.91. The van der Waals surface area contributed by atoms with Crippen LogP contribution in [-0.4, -0.2) is 37.6 Å². The monoisotopic (exact) mass is 291 g/mol. The smallest absolute Gasteiger partial charge is 0.258 e. The van der Waals surface area contributed by atoms with E-state index in [-0.39, 0.29) is 24.3 Å². The van der Waals surface area contributed by atoms with Gasteiger partial charge in [0.15, 0.2) is 12.4 Å². The highest BCUT2D eigenvalue weighted by atomic mass is 16.5. The summed E-state index contributed by atoms with van der Waals surface area (Å²) in [6.07, 6.45) is 1.66. The second-order valence-electron chi connectivity index (χ2n) is 5.30. The molecule has 5 heteroatoms. The molecular formula is C16H21NO4. The Kier molecular flexibility index (Phi) is 5.33. The van der Waals surface area contributed by atoms with Crippen molar-refractivity contribution in [1.29, 1.82) is 0 Å². The molecule has 0 atom stereocenters. The predicted octanol–water partition coefficient (Wildman–Crippen LogP) is 1.87. The third-order valence-corrected chi connectivity index (χ3v) is 3.46. The van der Waals surface area contributed by atoms with Crippen molar-refractivity contribution >= 4 is 11.7 Å². The summed E-state index contributed by atoms with van der Waals surface area (Å²) >= 11 is 0. The van der Waals surface area contributed by atoms with Gasteiger partial charge in [-0.2, -0.15) is 0 Å². The Morgan fingerprint density at radius 2 is 2.05 bits per heavy atom. The van der Waals surface area contributed by atoms with Crippen LogP contribution in [0.15, 0.2) is 18.2 Å². The van der Waals surface area contributed by atoms with Crippen molar-refractivity contribution in [3.05, 3.63) is 29.3 Å². The van der Waals surface area contributed by atoms with Crippen LogP contribution in [0.5, 0.6) is 5.75 Å². The van der Waals surface area contributed by atoms with Crippen molar-refractivity contribution in [2.75, 3.05) is 19.8 Å². The third kappa shape index (κ3) is 4.56.